The van der Waals surface area contributed by atoms with Crippen LogP contribution in [0.2, 0.25) is 0 Å². The summed E-state index contributed by atoms with van der Waals surface area (Å²) in [6, 6.07) is 0. The van der Waals surface area contributed by atoms with Crippen LogP contribution in [-0.2, 0) is 19.1 Å². The normalized spacial score (nSPS) is 13.7. The molecule has 0 aromatic rings. The molecule has 0 radical (unpaired) electrons. The fraction of sp³-hybridized carbons (Fsp3) is 0.714. The largest absolute Gasteiger partial charge is 0.463 e. The van der Waals surface area contributed by atoms with E-state index < -0.39 is 12.2 Å². The molecule has 0 rings (SSSR count). The van der Waals surface area contributed by atoms with Crippen LogP contribution in [0.25, 0.3) is 0 Å². The van der Waals surface area contributed by atoms with E-state index in [0.29, 0.717) is 19.3 Å². The SMILES string of the molecule is CCCCC/C=C\C[C@@H](O)/C=C/C=C\C/C=C\CCCC(=O)OC[C@H](O)COC(=O)CCCCCCCCC(C)C. The lowest BCUT2D eigenvalue weighted by Crippen LogP contribution is -2.25. The first-order valence-electron chi connectivity index (χ1n) is 16.2. The Hall–Kier alpha value is -2.18. The molecule has 0 aromatic carbocycles. The number of allylic oxidation sites excluding steroid dienone is 6. The van der Waals surface area contributed by atoms with Gasteiger partial charge in [0, 0.05) is 12.8 Å². The summed E-state index contributed by atoms with van der Waals surface area (Å²) < 4.78 is 10.2. The molecule has 0 aliphatic rings. The zero-order valence-corrected chi connectivity index (χ0v) is 26.3. The van der Waals surface area contributed by atoms with Crippen LogP contribution in [0.4, 0.5) is 0 Å². The lowest BCUT2D eigenvalue weighted by atomic mass is 10.0. The molecular formula is C35H60O6. The van der Waals surface area contributed by atoms with Gasteiger partial charge in [-0.25, -0.2) is 0 Å². The quantitative estimate of drug-likeness (QED) is 0.0442. The van der Waals surface area contributed by atoms with Crippen molar-refractivity contribution < 1.29 is 29.3 Å². The number of hydrogen-bond acceptors (Lipinski definition) is 6. The van der Waals surface area contributed by atoms with Gasteiger partial charge in [0.2, 0.25) is 0 Å². The van der Waals surface area contributed by atoms with Crippen molar-refractivity contribution in [1.29, 1.82) is 0 Å². The lowest BCUT2D eigenvalue weighted by molar-refractivity contribution is -0.152. The van der Waals surface area contributed by atoms with Gasteiger partial charge in [0.25, 0.3) is 0 Å². The van der Waals surface area contributed by atoms with Gasteiger partial charge in [-0.05, 0) is 50.9 Å². The second kappa shape index (κ2) is 29.3. The number of hydrogen-bond donors (Lipinski definition) is 2. The molecule has 0 amide bonds. The standard InChI is InChI=1S/C35H60O6/c1-4-5-6-7-15-20-25-32(36)26-21-16-10-8-9-11-17-22-27-34(38)40-29-33(37)30-41-35(39)28-23-18-13-12-14-19-24-31(2)3/h9-11,15-16,20-21,26,31-33,36-37H,4-8,12-14,17-19,22-25,27-30H2,1-3H3/b11-9-,16-10-,20-15-,26-21+/t32-,33+/m1/s1. The van der Waals surface area contributed by atoms with Gasteiger partial charge in [0.05, 0.1) is 6.10 Å². The van der Waals surface area contributed by atoms with E-state index in [9.17, 15) is 19.8 Å². The molecule has 41 heavy (non-hydrogen) atoms. The molecule has 0 saturated carbocycles. The van der Waals surface area contributed by atoms with Crippen LogP contribution in [0.1, 0.15) is 130 Å². The number of ether oxygens (including phenoxy) is 2. The third kappa shape index (κ3) is 30.6. The summed E-state index contributed by atoms with van der Waals surface area (Å²) in [4.78, 5) is 23.7. The smallest absolute Gasteiger partial charge is 0.305 e. The number of unbranched alkanes of at least 4 members (excludes halogenated alkanes) is 9. The van der Waals surface area contributed by atoms with Crippen molar-refractivity contribution >= 4 is 11.9 Å². The van der Waals surface area contributed by atoms with Crippen molar-refractivity contribution in [1.82, 2.24) is 0 Å². The number of carbonyl (C=O) groups excluding carboxylic acids is 2. The third-order valence-corrected chi connectivity index (χ3v) is 6.58. The van der Waals surface area contributed by atoms with E-state index in [1.165, 1.54) is 44.9 Å². The molecule has 0 spiro atoms. The van der Waals surface area contributed by atoms with Crippen LogP contribution >= 0.6 is 0 Å². The predicted molar refractivity (Wildman–Crippen MR) is 169 cm³/mol. The topological polar surface area (TPSA) is 93.1 Å². The number of aliphatic hydroxyl groups is 2. The molecule has 6 nitrogen and oxygen atoms in total. The minimum Gasteiger partial charge on any atom is -0.463 e. The molecule has 0 unspecified atom stereocenters. The van der Waals surface area contributed by atoms with Crippen molar-refractivity contribution in [2.24, 2.45) is 5.92 Å². The summed E-state index contributed by atoms with van der Waals surface area (Å²) in [5.74, 6) is 0.0893. The van der Waals surface area contributed by atoms with Crippen molar-refractivity contribution in [3.05, 3.63) is 48.6 Å². The molecule has 0 aromatic heterocycles. The molecule has 2 atom stereocenters. The predicted octanol–water partition coefficient (Wildman–Crippen LogP) is 8.33. The molecule has 0 saturated heterocycles. The van der Waals surface area contributed by atoms with Gasteiger partial charge in [-0.1, -0.05) is 121 Å². The lowest BCUT2D eigenvalue weighted by Gasteiger charge is -2.12. The van der Waals surface area contributed by atoms with Gasteiger partial charge < -0.3 is 19.7 Å². The Kier molecular flexibility index (Phi) is 27.8. The first kappa shape index (κ1) is 38.8. The summed E-state index contributed by atoms with van der Waals surface area (Å²) in [5.41, 5.74) is 0. The van der Waals surface area contributed by atoms with Crippen molar-refractivity contribution in [2.45, 2.75) is 142 Å². The number of carbonyl (C=O) groups is 2. The van der Waals surface area contributed by atoms with E-state index in [4.69, 9.17) is 9.47 Å². The van der Waals surface area contributed by atoms with Crippen LogP contribution in [-0.4, -0.2) is 47.6 Å². The van der Waals surface area contributed by atoms with E-state index in [-0.39, 0.29) is 31.6 Å². The number of aliphatic hydroxyl groups excluding tert-OH is 2. The number of esters is 2. The fourth-order valence-electron chi connectivity index (χ4n) is 4.05. The average Bonchev–Trinajstić information content (AvgIpc) is 2.94. The second-order valence-corrected chi connectivity index (χ2v) is 11.3. The molecule has 0 heterocycles. The molecule has 236 valence electrons. The summed E-state index contributed by atoms with van der Waals surface area (Å²) in [5, 5.41) is 19.8. The Balaban J connectivity index is 3.69. The molecule has 0 aliphatic carbocycles. The summed E-state index contributed by atoms with van der Waals surface area (Å²) in [6.07, 6.45) is 30.6. The van der Waals surface area contributed by atoms with Crippen LogP contribution < -0.4 is 0 Å². The second-order valence-electron chi connectivity index (χ2n) is 11.3. The zero-order chi connectivity index (χ0) is 30.4. The number of rotatable bonds is 27. The van der Waals surface area contributed by atoms with E-state index >= 15 is 0 Å². The molecule has 2 N–H and O–H groups in total. The first-order chi connectivity index (χ1) is 19.8. The Morgan fingerprint density at radius 2 is 1.29 bits per heavy atom. The summed E-state index contributed by atoms with van der Waals surface area (Å²) in [7, 11) is 0. The summed E-state index contributed by atoms with van der Waals surface area (Å²) in [6.45, 7) is 6.37. The first-order valence-corrected chi connectivity index (χ1v) is 16.2. The molecular weight excluding hydrogens is 516 g/mol. The van der Waals surface area contributed by atoms with Gasteiger partial charge in [-0.2, -0.15) is 0 Å². The van der Waals surface area contributed by atoms with Gasteiger partial charge in [0.15, 0.2) is 0 Å². The average molecular weight is 577 g/mol. The minimum atomic E-state index is -1.00. The maximum Gasteiger partial charge on any atom is 0.305 e. The maximum absolute atomic E-state index is 11.9. The Labute approximate surface area is 251 Å². The third-order valence-electron chi connectivity index (χ3n) is 6.58. The Morgan fingerprint density at radius 3 is 1.98 bits per heavy atom. The van der Waals surface area contributed by atoms with Crippen molar-refractivity contribution in [3.8, 4) is 0 Å². The highest BCUT2D eigenvalue weighted by molar-refractivity contribution is 5.69. The molecule has 0 bridgehead atoms. The van der Waals surface area contributed by atoms with Crippen LogP contribution in [0, 0.1) is 5.92 Å². The Bertz CT molecular complexity index is 737. The molecule has 6 heteroatoms. The van der Waals surface area contributed by atoms with E-state index in [2.05, 4.69) is 26.8 Å². The maximum atomic E-state index is 11.9. The Morgan fingerprint density at radius 1 is 0.683 bits per heavy atom. The monoisotopic (exact) mass is 576 g/mol. The molecule has 0 fully saturated rings. The minimum absolute atomic E-state index is 0.151. The molecule has 0 aliphatic heterocycles. The highest BCUT2D eigenvalue weighted by Gasteiger charge is 2.12. The zero-order valence-electron chi connectivity index (χ0n) is 26.3. The van der Waals surface area contributed by atoms with Crippen LogP contribution in [0.3, 0.4) is 0 Å². The highest BCUT2D eigenvalue weighted by Crippen LogP contribution is 2.12. The van der Waals surface area contributed by atoms with E-state index in [0.717, 1.165) is 44.4 Å². The van der Waals surface area contributed by atoms with Gasteiger partial charge in [-0.3, -0.25) is 9.59 Å². The van der Waals surface area contributed by atoms with E-state index in [1.54, 1.807) is 6.08 Å². The van der Waals surface area contributed by atoms with Crippen LogP contribution in [0.15, 0.2) is 48.6 Å². The fourth-order valence-corrected chi connectivity index (χ4v) is 4.05. The summed E-state index contributed by atoms with van der Waals surface area (Å²) >= 11 is 0. The van der Waals surface area contributed by atoms with Gasteiger partial charge in [-0.15, -0.1) is 0 Å². The van der Waals surface area contributed by atoms with Crippen molar-refractivity contribution in [2.75, 3.05) is 13.2 Å². The van der Waals surface area contributed by atoms with E-state index in [1.807, 2.05) is 36.5 Å². The van der Waals surface area contributed by atoms with Crippen molar-refractivity contribution in [3.63, 3.8) is 0 Å². The van der Waals surface area contributed by atoms with Gasteiger partial charge >= 0.3 is 11.9 Å². The van der Waals surface area contributed by atoms with Gasteiger partial charge in [0.1, 0.15) is 19.3 Å². The van der Waals surface area contributed by atoms with Crippen LogP contribution in [0.5, 0.6) is 0 Å². The highest BCUT2D eigenvalue weighted by atomic mass is 16.6.